The lowest BCUT2D eigenvalue weighted by atomic mass is 10.3. The summed E-state index contributed by atoms with van der Waals surface area (Å²) >= 11 is 13.4. The predicted molar refractivity (Wildman–Crippen MR) is 73.6 cm³/mol. The molecule has 0 saturated heterocycles. The van der Waals surface area contributed by atoms with Crippen LogP contribution in [0, 0.1) is 0 Å². The van der Waals surface area contributed by atoms with E-state index in [9.17, 15) is 0 Å². The maximum absolute atomic E-state index is 6.04. The molecule has 2 aromatic rings. The van der Waals surface area contributed by atoms with Gasteiger partial charge in [-0.15, -0.1) is 0 Å². The van der Waals surface area contributed by atoms with Gasteiger partial charge in [-0.3, -0.25) is 0 Å². The maximum atomic E-state index is 6.04. The van der Waals surface area contributed by atoms with Gasteiger partial charge in [-0.05, 0) is 18.4 Å². The van der Waals surface area contributed by atoms with Crippen LogP contribution in [0.15, 0.2) is 35.5 Å². The quantitative estimate of drug-likeness (QED) is 0.520. The Balaban J connectivity index is 2.30. The van der Waals surface area contributed by atoms with E-state index in [1.165, 1.54) is 11.8 Å². The van der Waals surface area contributed by atoms with Crippen LogP contribution in [0.25, 0.3) is 0 Å². The van der Waals surface area contributed by atoms with Crippen molar-refractivity contribution in [2.45, 2.75) is 5.16 Å². The minimum Gasteiger partial charge on any atom is -0.339 e. The topological polar surface area (TPSA) is 37.8 Å². The van der Waals surface area contributed by atoms with Crippen LogP contribution in [-0.2, 0) is 0 Å². The second-order valence-corrected chi connectivity index (χ2v) is 4.74. The molecule has 1 aromatic heterocycles. The molecule has 2 rings (SSSR count). The Bertz CT molecular complexity index is 534. The van der Waals surface area contributed by atoms with Crippen molar-refractivity contribution in [1.82, 2.24) is 9.97 Å². The van der Waals surface area contributed by atoms with Crippen LogP contribution in [-0.4, -0.2) is 16.2 Å². The molecule has 0 unspecified atom stereocenters. The number of benzene rings is 1. The van der Waals surface area contributed by atoms with Gasteiger partial charge in [0.25, 0.3) is 0 Å². The van der Waals surface area contributed by atoms with Gasteiger partial charge in [0.15, 0.2) is 5.16 Å². The fourth-order valence-electron chi connectivity index (χ4n) is 1.25. The van der Waals surface area contributed by atoms with E-state index in [-0.39, 0.29) is 0 Å². The van der Waals surface area contributed by atoms with Crippen molar-refractivity contribution < 1.29 is 0 Å². The van der Waals surface area contributed by atoms with Crippen molar-refractivity contribution >= 4 is 46.5 Å². The molecule has 0 atom stereocenters. The van der Waals surface area contributed by atoms with Crippen molar-refractivity contribution in [2.75, 3.05) is 11.6 Å². The Morgan fingerprint density at radius 1 is 1.18 bits per heavy atom. The summed E-state index contributed by atoms with van der Waals surface area (Å²) in [4.78, 5) is 8.35. The highest BCUT2D eigenvalue weighted by Gasteiger charge is 2.04. The minimum absolute atomic E-state index is 0.402. The molecule has 1 N–H and O–H groups in total. The molecule has 3 nitrogen and oxygen atoms in total. The second kappa shape index (κ2) is 5.58. The molecule has 0 aliphatic rings. The van der Waals surface area contributed by atoms with Crippen LogP contribution < -0.4 is 5.32 Å². The minimum atomic E-state index is 0.402. The van der Waals surface area contributed by atoms with Crippen molar-refractivity contribution in [1.29, 1.82) is 0 Å². The van der Waals surface area contributed by atoms with E-state index >= 15 is 0 Å². The predicted octanol–water partition coefficient (Wildman–Crippen LogP) is 4.25. The lowest BCUT2D eigenvalue weighted by Gasteiger charge is -2.08. The molecule has 1 aromatic carbocycles. The number of hydrogen-bond donors (Lipinski definition) is 1. The highest BCUT2D eigenvalue weighted by molar-refractivity contribution is 7.98. The Labute approximate surface area is 114 Å². The Hall–Kier alpha value is -0.970. The number of anilines is 2. The maximum Gasteiger partial charge on any atom is 0.190 e. The van der Waals surface area contributed by atoms with Gasteiger partial charge in [0.2, 0.25) is 0 Å². The van der Waals surface area contributed by atoms with Crippen LogP contribution >= 0.6 is 35.0 Å². The molecule has 0 saturated carbocycles. The SMILES string of the molecule is CSc1nc(Cl)cc(Nc2ccccc2Cl)n1. The number of nitrogens with zero attached hydrogens (tertiary/aromatic N) is 2. The second-order valence-electron chi connectivity index (χ2n) is 3.17. The summed E-state index contributed by atoms with van der Waals surface area (Å²) in [5.41, 5.74) is 0.788. The van der Waals surface area contributed by atoms with E-state index < -0.39 is 0 Å². The van der Waals surface area contributed by atoms with Crippen molar-refractivity contribution in [3.8, 4) is 0 Å². The van der Waals surface area contributed by atoms with Gasteiger partial charge in [-0.25, -0.2) is 9.97 Å². The first-order valence-corrected chi connectivity index (χ1v) is 6.77. The molecule has 0 amide bonds. The highest BCUT2D eigenvalue weighted by Crippen LogP contribution is 2.25. The van der Waals surface area contributed by atoms with Gasteiger partial charge in [-0.1, -0.05) is 47.1 Å². The fourth-order valence-corrected chi connectivity index (χ4v) is 2.05. The standard InChI is InChI=1S/C11H9Cl2N3S/c1-17-11-15-9(13)6-10(16-11)14-8-5-3-2-4-7(8)12/h2-6H,1H3,(H,14,15,16). The molecule has 0 spiro atoms. The van der Waals surface area contributed by atoms with Crippen molar-refractivity contribution in [3.05, 3.63) is 40.5 Å². The third-order valence-electron chi connectivity index (χ3n) is 1.99. The van der Waals surface area contributed by atoms with Gasteiger partial charge < -0.3 is 5.32 Å². The first kappa shape index (κ1) is 12.5. The summed E-state index contributed by atoms with van der Waals surface area (Å²) < 4.78 is 0. The van der Waals surface area contributed by atoms with Crippen LogP contribution in [0.2, 0.25) is 10.2 Å². The molecule has 88 valence electrons. The molecule has 0 bridgehead atoms. The van der Waals surface area contributed by atoms with Gasteiger partial charge in [0, 0.05) is 6.07 Å². The van der Waals surface area contributed by atoms with Crippen LogP contribution in [0.3, 0.4) is 0 Å². The Kier molecular flexibility index (Phi) is 4.10. The molecule has 0 aliphatic carbocycles. The van der Waals surface area contributed by atoms with Gasteiger partial charge in [0.05, 0.1) is 10.7 Å². The number of aromatic nitrogens is 2. The smallest absolute Gasteiger partial charge is 0.190 e. The van der Waals surface area contributed by atoms with Crippen molar-refractivity contribution in [2.24, 2.45) is 0 Å². The van der Waals surface area contributed by atoms with E-state index in [0.717, 1.165) is 5.69 Å². The van der Waals surface area contributed by atoms with Crippen LogP contribution in [0.4, 0.5) is 11.5 Å². The molecule has 17 heavy (non-hydrogen) atoms. The third kappa shape index (κ3) is 3.25. The molecule has 0 aliphatic heterocycles. The third-order valence-corrected chi connectivity index (χ3v) is 3.06. The molecule has 1 heterocycles. The summed E-state index contributed by atoms with van der Waals surface area (Å²) in [5.74, 6) is 0.627. The zero-order valence-electron chi connectivity index (χ0n) is 8.95. The normalized spacial score (nSPS) is 10.3. The molecule has 0 fully saturated rings. The molecular weight excluding hydrogens is 277 g/mol. The van der Waals surface area contributed by atoms with E-state index in [1.807, 2.05) is 30.5 Å². The van der Waals surface area contributed by atoms with E-state index in [1.54, 1.807) is 6.07 Å². The summed E-state index contributed by atoms with van der Waals surface area (Å²) in [6.45, 7) is 0. The lowest BCUT2D eigenvalue weighted by molar-refractivity contribution is 0.976. The summed E-state index contributed by atoms with van der Waals surface area (Å²) in [7, 11) is 0. The van der Waals surface area contributed by atoms with E-state index in [0.29, 0.717) is 21.2 Å². The van der Waals surface area contributed by atoms with Crippen LogP contribution in [0.5, 0.6) is 0 Å². The largest absolute Gasteiger partial charge is 0.339 e. The Morgan fingerprint density at radius 3 is 2.65 bits per heavy atom. The number of nitrogens with one attached hydrogen (secondary N) is 1. The highest BCUT2D eigenvalue weighted by atomic mass is 35.5. The average Bonchev–Trinajstić information content (AvgIpc) is 2.31. The molecule has 0 radical (unpaired) electrons. The number of para-hydroxylation sites is 1. The van der Waals surface area contributed by atoms with E-state index in [2.05, 4.69) is 15.3 Å². The van der Waals surface area contributed by atoms with Crippen molar-refractivity contribution in [3.63, 3.8) is 0 Å². The number of rotatable bonds is 3. The zero-order valence-corrected chi connectivity index (χ0v) is 11.3. The molecule has 6 heteroatoms. The van der Waals surface area contributed by atoms with Crippen LogP contribution in [0.1, 0.15) is 0 Å². The number of hydrogen-bond acceptors (Lipinski definition) is 4. The summed E-state index contributed by atoms with van der Waals surface area (Å²) in [6, 6.07) is 9.10. The monoisotopic (exact) mass is 285 g/mol. The summed E-state index contributed by atoms with van der Waals surface area (Å²) in [5, 5.41) is 4.76. The van der Waals surface area contributed by atoms with Gasteiger partial charge in [-0.2, -0.15) is 0 Å². The number of halogens is 2. The van der Waals surface area contributed by atoms with Gasteiger partial charge >= 0.3 is 0 Å². The first-order valence-electron chi connectivity index (χ1n) is 4.79. The zero-order chi connectivity index (χ0) is 12.3. The molecular formula is C11H9Cl2N3S. The summed E-state index contributed by atoms with van der Waals surface area (Å²) in [6.07, 6.45) is 1.89. The Morgan fingerprint density at radius 2 is 1.94 bits per heavy atom. The first-order chi connectivity index (χ1) is 8.19. The van der Waals surface area contributed by atoms with Gasteiger partial charge in [0.1, 0.15) is 11.0 Å². The number of thioether (sulfide) groups is 1. The lowest BCUT2D eigenvalue weighted by Crippen LogP contribution is -1.97. The average molecular weight is 286 g/mol. The fraction of sp³-hybridized carbons (Fsp3) is 0.0909. The van der Waals surface area contributed by atoms with E-state index in [4.69, 9.17) is 23.2 Å².